The maximum absolute atomic E-state index is 12.7. The van der Waals surface area contributed by atoms with E-state index in [1.807, 2.05) is 18.2 Å². The summed E-state index contributed by atoms with van der Waals surface area (Å²) in [7, 11) is 1.42. The minimum absolute atomic E-state index is 0.0190. The largest absolute Gasteiger partial charge is 0.469 e. The van der Waals surface area contributed by atoms with Crippen LogP contribution in [0.15, 0.2) is 35.2 Å². The number of thioether (sulfide) groups is 1. The molecule has 24 heavy (non-hydrogen) atoms. The first-order chi connectivity index (χ1) is 11.6. The van der Waals surface area contributed by atoms with Crippen LogP contribution in [0.5, 0.6) is 0 Å². The highest BCUT2D eigenvalue weighted by molar-refractivity contribution is 8.00. The van der Waals surface area contributed by atoms with Gasteiger partial charge in [0.05, 0.1) is 17.9 Å². The molecule has 1 aromatic carbocycles. The molecule has 0 saturated heterocycles. The molecule has 0 aromatic heterocycles. The van der Waals surface area contributed by atoms with Gasteiger partial charge < -0.3 is 10.5 Å². The highest BCUT2D eigenvalue weighted by atomic mass is 32.2. The Kier molecular flexibility index (Phi) is 4.90. The van der Waals surface area contributed by atoms with Crippen molar-refractivity contribution in [1.29, 1.82) is 0 Å². The molecule has 2 atom stereocenters. The number of primary amides is 1. The molecule has 2 aliphatic rings. The van der Waals surface area contributed by atoms with Crippen molar-refractivity contribution >= 4 is 23.6 Å². The second-order valence-corrected chi connectivity index (χ2v) is 8.20. The first kappa shape index (κ1) is 17.3. The lowest BCUT2D eigenvalue weighted by Gasteiger charge is -2.56. The Bertz CT molecular complexity index is 614. The van der Waals surface area contributed by atoms with E-state index in [2.05, 4.69) is 12.1 Å². The molecule has 0 heterocycles. The van der Waals surface area contributed by atoms with Crippen LogP contribution in [0.2, 0.25) is 0 Å². The average molecular weight is 347 g/mol. The fourth-order valence-corrected chi connectivity index (χ4v) is 6.18. The van der Waals surface area contributed by atoms with E-state index in [0.717, 1.165) is 30.6 Å². The van der Waals surface area contributed by atoms with Crippen LogP contribution < -0.4 is 5.73 Å². The second-order valence-electron chi connectivity index (χ2n) is 6.93. The summed E-state index contributed by atoms with van der Waals surface area (Å²) in [4.78, 5) is 26.5. The zero-order valence-electron chi connectivity index (χ0n) is 14.1. The van der Waals surface area contributed by atoms with E-state index >= 15 is 0 Å². The average Bonchev–Trinajstić information content (AvgIpc) is 2.55. The quantitative estimate of drug-likeness (QED) is 0.827. The Morgan fingerprint density at radius 1 is 1.12 bits per heavy atom. The molecule has 5 heteroatoms. The van der Waals surface area contributed by atoms with Crippen LogP contribution in [0.4, 0.5) is 0 Å². The number of carbonyl (C=O) groups is 2. The number of nitrogens with two attached hydrogens (primary N) is 1. The third-order valence-corrected chi connectivity index (χ3v) is 7.40. The van der Waals surface area contributed by atoms with E-state index in [1.54, 1.807) is 11.8 Å². The van der Waals surface area contributed by atoms with Gasteiger partial charge in [-0.25, -0.2) is 0 Å². The Morgan fingerprint density at radius 3 is 2.38 bits per heavy atom. The molecule has 0 radical (unpaired) electrons. The van der Waals surface area contributed by atoms with Gasteiger partial charge in [-0.15, -0.1) is 11.8 Å². The number of ether oxygens (including phenoxy) is 1. The normalized spacial score (nSPS) is 28.6. The highest BCUT2D eigenvalue weighted by Crippen LogP contribution is 2.63. The molecule has 0 aliphatic heterocycles. The van der Waals surface area contributed by atoms with Crippen molar-refractivity contribution < 1.29 is 14.3 Å². The summed E-state index contributed by atoms with van der Waals surface area (Å²) in [6, 6.07) is 10.1. The van der Waals surface area contributed by atoms with Crippen molar-refractivity contribution in [2.75, 3.05) is 7.11 Å². The molecule has 1 aromatic rings. The summed E-state index contributed by atoms with van der Waals surface area (Å²) in [5.41, 5.74) is 4.43. The van der Waals surface area contributed by atoms with Crippen molar-refractivity contribution in [1.82, 2.24) is 0 Å². The van der Waals surface area contributed by atoms with E-state index in [1.165, 1.54) is 7.11 Å². The zero-order valence-corrected chi connectivity index (χ0v) is 14.9. The van der Waals surface area contributed by atoms with Gasteiger partial charge >= 0.3 is 5.97 Å². The van der Waals surface area contributed by atoms with Crippen molar-refractivity contribution in [3.63, 3.8) is 0 Å². The summed E-state index contributed by atoms with van der Waals surface area (Å²) in [5, 5.41) is 0.0190. The standard InChI is InChI=1S/C19H25NO3S/c1-23-17(22)18(11-7-12-18)19(16(20)21)13-6-5-10-15(19)24-14-8-3-2-4-9-14/h2-4,8-9,15H,5-7,10-13H2,1H3,(H2,20,21). The van der Waals surface area contributed by atoms with Gasteiger partial charge in [0, 0.05) is 10.1 Å². The number of benzene rings is 1. The molecule has 130 valence electrons. The van der Waals surface area contributed by atoms with Crippen LogP contribution in [-0.2, 0) is 14.3 Å². The molecule has 2 unspecified atom stereocenters. The van der Waals surface area contributed by atoms with Crippen LogP contribution in [0.25, 0.3) is 0 Å². The van der Waals surface area contributed by atoms with Gasteiger partial charge in [-0.2, -0.15) is 0 Å². The van der Waals surface area contributed by atoms with Crippen LogP contribution >= 0.6 is 11.8 Å². The van der Waals surface area contributed by atoms with Crippen LogP contribution in [0, 0.1) is 10.8 Å². The number of rotatable bonds is 5. The maximum atomic E-state index is 12.7. The van der Waals surface area contributed by atoms with Crippen molar-refractivity contribution in [3.8, 4) is 0 Å². The number of hydrogen-bond acceptors (Lipinski definition) is 4. The molecule has 0 spiro atoms. The molecule has 3 rings (SSSR count). The Hall–Kier alpha value is -1.49. The van der Waals surface area contributed by atoms with E-state index in [-0.39, 0.29) is 17.1 Å². The first-order valence-corrected chi connectivity index (χ1v) is 9.55. The molecule has 2 saturated carbocycles. The smallest absolute Gasteiger partial charge is 0.312 e. The monoisotopic (exact) mass is 347 g/mol. The lowest BCUT2D eigenvalue weighted by atomic mass is 9.48. The van der Waals surface area contributed by atoms with E-state index in [9.17, 15) is 9.59 Å². The van der Waals surface area contributed by atoms with Gasteiger partial charge in [-0.05, 0) is 37.8 Å². The van der Waals surface area contributed by atoms with Crippen molar-refractivity contribution in [2.24, 2.45) is 16.6 Å². The zero-order chi connectivity index (χ0) is 17.2. The lowest BCUT2D eigenvalue weighted by Crippen LogP contribution is -2.64. The Balaban J connectivity index is 2.02. The summed E-state index contributed by atoms with van der Waals surface area (Å²) in [6.45, 7) is 0. The van der Waals surface area contributed by atoms with Crippen molar-refractivity contribution in [3.05, 3.63) is 30.3 Å². The number of esters is 1. The summed E-state index contributed by atoms with van der Waals surface area (Å²) in [6.07, 6.45) is 5.95. The topological polar surface area (TPSA) is 69.4 Å². The Morgan fingerprint density at radius 2 is 1.83 bits per heavy atom. The van der Waals surface area contributed by atoms with Gasteiger partial charge in [0.1, 0.15) is 0 Å². The molecular formula is C19H25NO3S. The second kappa shape index (κ2) is 6.79. The minimum Gasteiger partial charge on any atom is -0.469 e. The predicted molar refractivity (Wildman–Crippen MR) is 94.5 cm³/mol. The van der Waals surface area contributed by atoms with Crippen molar-refractivity contribution in [2.45, 2.75) is 55.1 Å². The number of amides is 1. The molecular weight excluding hydrogens is 322 g/mol. The SMILES string of the molecule is COC(=O)C1(C2(C(N)=O)CCCCC2Sc2ccccc2)CCC1. The third kappa shape index (κ3) is 2.53. The van der Waals surface area contributed by atoms with Gasteiger partial charge in [0.2, 0.25) is 5.91 Å². The Labute approximate surface area is 147 Å². The van der Waals surface area contributed by atoms with E-state index in [0.29, 0.717) is 19.3 Å². The molecule has 4 nitrogen and oxygen atoms in total. The highest BCUT2D eigenvalue weighted by Gasteiger charge is 2.66. The summed E-state index contributed by atoms with van der Waals surface area (Å²) >= 11 is 1.70. The summed E-state index contributed by atoms with van der Waals surface area (Å²) in [5.74, 6) is -0.589. The van der Waals surface area contributed by atoms with Gasteiger partial charge in [-0.1, -0.05) is 37.5 Å². The van der Waals surface area contributed by atoms with E-state index < -0.39 is 10.8 Å². The predicted octanol–water partition coefficient (Wildman–Crippen LogP) is 3.54. The molecule has 0 bridgehead atoms. The number of carbonyl (C=O) groups excluding carboxylic acids is 2. The van der Waals surface area contributed by atoms with Gasteiger partial charge in [-0.3, -0.25) is 9.59 Å². The minimum atomic E-state index is -0.808. The lowest BCUT2D eigenvalue weighted by molar-refractivity contribution is -0.180. The van der Waals surface area contributed by atoms with Gasteiger partial charge in [0.25, 0.3) is 0 Å². The molecule has 2 aliphatic carbocycles. The molecule has 1 amide bonds. The fraction of sp³-hybridized carbons (Fsp3) is 0.579. The van der Waals surface area contributed by atoms with Gasteiger partial charge in [0.15, 0.2) is 0 Å². The van der Waals surface area contributed by atoms with Crippen LogP contribution in [-0.4, -0.2) is 24.2 Å². The third-order valence-electron chi connectivity index (χ3n) is 5.94. The molecule has 2 fully saturated rings. The van der Waals surface area contributed by atoms with E-state index in [4.69, 9.17) is 10.5 Å². The maximum Gasteiger partial charge on any atom is 0.312 e. The van der Waals surface area contributed by atoms with Crippen LogP contribution in [0.3, 0.4) is 0 Å². The molecule has 2 N–H and O–H groups in total. The fourth-order valence-electron chi connectivity index (χ4n) is 4.59. The summed E-state index contributed by atoms with van der Waals surface area (Å²) < 4.78 is 5.13. The number of methoxy groups -OCH3 is 1. The first-order valence-electron chi connectivity index (χ1n) is 8.67. The number of hydrogen-bond donors (Lipinski definition) is 1. The van der Waals surface area contributed by atoms with Crippen LogP contribution in [0.1, 0.15) is 44.9 Å².